The normalized spacial score (nSPS) is 18.1. The predicted molar refractivity (Wildman–Crippen MR) is 112 cm³/mol. The minimum Gasteiger partial charge on any atom is -0.289 e. The molecule has 0 N–H and O–H groups in total. The molecule has 0 aliphatic heterocycles. The van der Waals surface area contributed by atoms with Gasteiger partial charge in [-0.25, -0.2) is 0 Å². The summed E-state index contributed by atoms with van der Waals surface area (Å²) < 4.78 is 0. The largest absolute Gasteiger partial charge is 0.289 e. The number of aromatic nitrogens is 1. The monoisotopic (exact) mass is 366 g/mol. The Morgan fingerprint density at radius 2 is 1.61 bits per heavy atom. The van der Waals surface area contributed by atoms with E-state index in [-0.39, 0.29) is 5.92 Å². The van der Waals surface area contributed by atoms with Crippen LogP contribution in [0.1, 0.15) is 54.4 Å². The molecule has 1 radical (unpaired) electrons. The van der Waals surface area contributed by atoms with E-state index in [0.717, 1.165) is 30.4 Å². The number of carbonyl (C=O) groups excluding carboxylic acids is 1. The fourth-order valence-corrected chi connectivity index (χ4v) is 5.48. The van der Waals surface area contributed by atoms with E-state index in [1.54, 1.807) is 12.4 Å². The maximum atomic E-state index is 12.9. The Morgan fingerprint density at radius 1 is 0.857 bits per heavy atom. The van der Waals surface area contributed by atoms with Gasteiger partial charge in [-0.1, -0.05) is 61.7 Å². The highest BCUT2D eigenvalue weighted by atomic mass is 16.1. The van der Waals surface area contributed by atoms with Crippen molar-refractivity contribution in [2.24, 2.45) is 5.92 Å². The highest BCUT2D eigenvalue weighted by Gasteiger charge is 2.45. The topological polar surface area (TPSA) is 30.0 Å². The van der Waals surface area contributed by atoms with Crippen molar-refractivity contribution in [2.45, 2.75) is 43.9 Å². The average molecular weight is 366 g/mol. The summed E-state index contributed by atoms with van der Waals surface area (Å²) in [6.07, 6.45) is 12.9. The fraction of sp³-hybridized carbons (Fsp3) is 0.308. The minimum atomic E-state index is -0.730. The Kier molecular flexibility index (Phi) is 4.35. The Bertz CT molecular complexity index is 1000. The van der Waals surface area contributed by atoms with Crippen molar-refractivity contribution in [3.05, 3.63) is 89.2 Å². The van der Waals surface area contributed by atoms with Crippen molar-refractivity contribution in [3.8, 4) is 11.1 Å². The third-order valence-corrected chi connectivity index (χ3v) is 6.76. The van der Waals surface area contributed by atoms with Crippen molar-refractivity contribution in [3.63, 3.8) is 0 Å². The molecule has 2 aromatic carbocycles. The van der Waals surface area contributed by atoms with E-state index in [1.165, 1.54) is 41.5 Å². The highest BCUT2D eigenvalue weighted by molar-refractivity contribution is 5.87. The van der Waals surface area contributed by atoms with Gasteiger partial charge in [0.05, 0.1) is 5.41 Å². The van der Waals surface area contributed by atoms with Crippen LogP contribution in [0.3, 0.4) is 0 Å². The highest BCUT2D eigenvalue weighted by Crippen LogP contribution is 2.50. The number of pyridine rings is 1. The SMILES string of the molecule is O=[C]C(c1ccncc1)(c1cccc2c1-c1ccccc1C2)C1CCCCC1. The lowest BCUT2D eigenvalue weighted by Gasteiger charge is -2.40. The van der Waals surface area contributed by atoms with Gasteiger partial charge in [0, 0.05) is 12.4 Å². The van der Waals surface area contributed by atoms with Gasteiger partial charge in [0.2, 0.25) is 6.29 Å². The number of hydrogen-bond acceptors (Lipinski definition) is 2. The number of benzene rings is 2. The summed E-state index contributed by atoms with van der Waals surface area (Å²) in [7, 11) is 0. The molecule has 2 aliphatic rings. The van der Waals surface area contributed by atoms with Gasteiger partial charge in [-0.15, -0.1) is 0 Å². The molecule has 28 heavy (non-hydrogen) atoms. The summed E-state index contributed by atoms with van der Waals surface area (Å²) >= 11 is 0. The minimum absolute atomic E-state index is 0.278. The first-order valence-electron chi connectivity index (χ1n) is 10.3. The predicted octanol–water partition coefficient (Wildman–Crippen LogP) is 5.63. The van der Waals surface area contributed by atoms with Crippen LogP contribution in [0, 0.1) is 5.92 Å². The lowest BCUT2D eigenvalue weighted by molar-refractivity contribution is 0.285. The van der Waals surface area contributed by atoms with E-state index in [2.05, 4.69) is 53.7 Å². The molecule has 0 saturated heterocycles. The molecule has 5 rings (SSSR count). The summed E-state index contributed by atoms with van der Waals surface area (Å²) in [4.78, 5) is 17.1. The second-order valence-electron chi connectivity index (χ2n) is 8.15. The summed E-state index contributed by atoms with van der Waals surface area (Å²) in [5.41, 5.74) is 6.63. The standard InChI is InChI=1S/C26H24NO/c28-18-26(21-9-2-1-3-10-21,22-13-15-27-16-14-22)24-12-6-8-20-17-19-7-4-5-11-23(19)25(20)24/h4-8,11-16,21H,1-3,9-10,17H2. The van der Waals surface area contributed by atoms with Crippen molar-refractivity contribution < 1.29 is 4.79 Å². The molecule has 1 unspecified atom stereocenters. The second-order valence-corrected chi connectivity index (χ2v) is 8.15. The van der Waals surface area contributed by atoms with E-state index >= 15 is 0 Å². The molecule has 1 saturated carbocycles. The van der Waals surface area contributed by atoms with Gasteiger partial charge >= 0.3 is 0 Å². The molecule has 2 nitrogen and oxygen atoms in total. The van der Waals surface area contributed by atoms with Crippen LogP contribution in [0.15, 0.2) is 67.0 Å². The molecule has 2 heteroatoms. The van der Waals surface area contributed by atoms with Crippen molar-refractivity contribution in [1.29, 1.82) is 0 Å². The molecule has 0 spiro atoms. The van der Waals surface area contributed by atoms with Crippen LogP contribution in [0.4, 0.5) is 0 Å². The molecule has 139 valence electrons. The van der Waals surface area contributed by atoms with Gasteiger partial charge in [-0.2, -0.15) is 0 Å². The second kappa shape index (κ2) is 7.01. The molecule has 1 heterocycles. The third-order valence-electron chi connectivity index (χ3n) is 6.76. The van der Waals surface area contributed by atoms with Gasteiger partial charge in [0.1, 0.15) is 0 Å². The van der Waals surface area contributed by atoms with E-state index in [4.69, 9.17) is 0 Å². The molecular weight excluding hydrogens is 342 g/mol. The van der Waals surface area contributed by atoms with E-state index in [1.807, 2.05) is 12.1 Å². The smallest absolute Gasteiger partial charge is 0.214 e. The molecule has 2 aliphatic carbocycles. The van der Waals surface area contributed by atoms with E-state index < -0.39 is 5.41 Å². The van der Waals surface area contributed by atoms with Crippen LogP contribution in [0.5, 0.6) is 0 Å². The van der Waals surface area contributed by atoms with Crippen LogP contribution < -0.4 is 0 Å². The van der Waals surface area contributed by atoms with Crippen molar-refractivity contribution >= 4 is 6.29 Å². The first-order valence-corrected chi connectivity index (χ1v) is 10.3. The zero-order valence-corrected chi connectivity index (χ0v) is 16.0. The van der Waals surface area contributed by atoms with Gasteiger partial charge < -0.3 is 0 Å². The van der Waals surface area contributed by atoms with Crippen LogP contribution in [0.25, 0.3) is 11.1 Å². The zero-order chi connectivity index (χ0) is 19.0. The maximum Gasteiger partial charge on any atom is 0.214 e. The van der Waals surface area contributed by atoms with E-state index in [9.17, 15) is 4.79 Å². The third kappa shape index (κ3) is 2.55. The Labute approximate surface area is 166 Å². The van der Waals surface area contributed by atoms with Crippen molar-refractivity contribution in [2.75, 3.05) is 0 Å². The summed E-state index contributed by atoms with van der Waals surface area (Å²) in [5.74, 6) is 0.278. The lowest BCUT2D eigenvalue weighted by Crippen LogP contribution is -2.40. The Balaban J connectivity index is 1.79. The maximum absolute atomic E-state index is 12.9. The summed E-state index contributed by atoms with van der Waals surface area (Å²) in [5, 5.41) is 0. The van der Waals surface area contributed by atoms with Crippen LogP contribution in [-0.2, 0) is 16.6 Å². The number of fused-ring (bicyclic) bond motifs is 3. The molecule has 1 atom stereocenters. The molecule has 0 bridgehead atoms. The average Bonchev–Trinajstić information content (AvgIpc) is 3.15. The van der Waals surface area contributed by atoms with Crippen LogP contribution in [0.2, 0.25) is 0 Å². The van der Waals surface area contributed by atoms with Crippen LogP contribution >= 0.6 is 0 Å². The molecule has 3 aromatic rings. The quantitative estimate of drug-likeness (QED) is 0.468. The molecule has 0 amide bonds. The lowest BCUT2D eigenvalue weighted by atomic mass is 9.61. The zero-order valence-electron chi connectivity index (χ0n) is 16.0. The molecule has 1 aromatic heterocycles. The molecule has 1 fully saturated rings. The number of rotatable bonds is 4. The van der Waals surface area contributed by atoms with E-state index in [0.29, 0.717) is 0 Å². The van der Waals surface area contributed by atoms with Crippen LogP contribution in [-0.4, -0.2) is 11.3 Å². The van der Waals surface area contributed by atoms with Crippen molar-refractivity contribution in [1.82, 2.24) is 4.98 Å². The first kappa shape index (κ1) is 17.4. The number of nitrogens with zero attached hydrogens (tertiary/aromatic N) is 1. The summed E-state index contributed by atoms with van der Waals surface area (Å²) in [6.45, 7) is 0. The van der Waals surface area contributed by atoms with Gasteiger partial charge in [0.15, 0.2) is 0 Å². The van der Waals surface area contributed by atoms with Gasteiger partial charge in [-0.05, 0) is 70.7 Å². The first-order chi connectivity index (χ1) is 13.8. The van der Waals surface area contributed by atoms with Gasteiger partial charge in [0.25, 0.3) is 0 Å². The number of hydrogen-bond donors (Lipinski definition) is 0. The Morgan fingerprint density at radius 3 is 2.39 bits per heavy atom. The molecular formula is C26H24NO. The fourth-order valence-electron chi connectivity index (χ4n) is 5.48. The Hall–Kier alpha value is -2.74. The summed E-state index contributed by atoms with van der Waals surface area (Å²) in [6, 6.07) is 19.1. The van der Waals surface area contributed by atoms with Gasteiger partial charge in [-0.3, -0.25) is 9.78 Å².